The maximum Gasteiger partial charge on any atom is 0.417 e. The SMILES string of the molecule is CNC(=O)Nc1ccc(C(F)(F)F)c(Cl)c1. The summed E-state index contributed by atoms with van der Waals surface area (Å²) in [5, 5.41) is 4.11. The van der Waals surface area contributed by atoms with Crippen LogP contribution in [0, 0.1) is 0 Å². The largest absolute Gasteiger partial charge is 0.417 e. The van der Waals surface area contributed by atoms with Crippen molar-refractivity contribution in [2.75, 3.05) is 12.4 Å². The molecule has 0 saturated heterocycles. The van der Waals surface area contributed by atoms with E-state index >= 15 is 0 Å². The summed E-state index contributed by atoms with van der Waals surface area (Å²) in [6.07, 6.45) is -4.50. The summed E-state index contributed by atoms with van der Waals surface area (Å²) >= 11 is 5.45. The summed E-state index contributed by atoms with van der Waals surface area (Å²) in [7, 11) is 1.39. The topological polar surface area (TPSA) is 41.1 Å². The number of urea groups is 1. The first kappa shape index (κ1) is 12.6. The van der Waals surface area contributed by atoms with E-state index in [0.717, 1.165) is 18.2 Å². The van der Waals surface area contributed by atoms with Crippen LogP contribution in [-0.2, 0) is 6.18 Å². The number of alkyl halides is 3. The van der Waals surface area contributed by atoms with Crippen LogP contribution in [0.15, 0.2) is 18.2 Å². The molecule has 1 aromatic rings. The van der Waals surface area contributed by atoms with Crippen molar-refractivity contribution in [1.82, 2.24) is 5.32 Å². The van der Waals surface area contributed by atoms with E-state index in [2.05, 4.69) is 10.6 Å². The highest BCUT2D eigenvalue weighted by Crippen LogP contribution is 2.35. The summed E-state index contributed by atoms with van der Waals surface area (Å²) < 4.78 is 37.0. The highest BCUT2D eigenvalue weighted by Gasteiger charge is 2.33. The van der Waals surface area contributed by atoms with E-state index in [0.29, 0.717) is 0 Å². The van der Waals surface area contributed by atoms with Gasteiger partial charge in [0.25, 0.3) is 0 Å². The van der Waals surface area contributed by atoms with Crippen LogP contribution in [0.1, 0.15) is 5.56 Å². The Morgan fingerprint density at radius 2 is 2.00 bits per heavy atom. The Kier molecular flexibility index (Phi) is 3.64. The van der Waals surface area contributed by atoms with Crippen LogP contribution >= 0.6 is 11.6 Å². The molecule has 0 spiro atoms. The third-order valence-electron chi connectivity index (χ3n) is 1.76. The molecule has 0 aliphatic heterocycles. The molecular formula is C9H8ClF3N2O. The molecule has 1 aromatic carbocycles. The molecule has 0 radical (unpaired) electrons. The molecule has 1 rings (SSSR count). The van der Waals surface area contributed by atoms with Crippen LogP contribution in [0.25, 0.3) is 0 Å². The normalized spacial score (nSPS) is 11.1. The molecule has 0 unspecified atom stereocenters. The van der Waals surface area contributed by atoms with E-state index in [9.17, 15) is 18.0 Å². The number of carbonyl (C=O) groups is 1. The maximum absolute atomic E-state index is 12.3. The highest BCUT2D eigenvalue weighted by molar-refractivity contribution is 6.31. The van der Waals surface area contributed by atoms with Crippen molar-refractivity contribution in [2.45, 2.75) is 6.18 Å². The molecule has 0 saturated carbocycles. The number of nitrogens with one attached hydrogen (secondary N) is 2. The summed E-state index contributed by atoms with van der Waals surface area (Å²) in [6.45, 7) is 0. The van der Waals surface area contributed by atoms with Gasteiger partial charge in [0.2, 0.25) is 0 Å². The minimum absolute atomic E-state index is 0.192. The number of rotatable bonds is 1. The third kappa shape index (κ3) is 3.03. The molecule has 0 heterocycles. The first-order chi connectivity index (χ1) is 7.34. The molecule has 0 aliphatic carbocycles. The fraction of sp³-hybridized carbons (Fsp3) is 0.222. The highest BCUT2D eigenvalue weighted by atomic mass is 35.5. The van der Waals surface area contributed by atoms with E-state index in [1.165, 1.54) is 7.05 Å². The standard InChI is InChI=1S/C9H8ClF3N2O/c1-14-8(16)15-5-2-3-6(7(10)4-5)9(11,12)13/h2-4H,1H3,(H2,14,15,16). The lowest BCUT2D eigenvalue weighted by Crippen LogP contribution is -2.24. The molecule has 0 fully saturated rings. The van der Waals surface area contributed by atoms with Gasteiger partial charge in [-0.25, -0.2) is 4.79 Å². The molecule has 2 amide bonds. The number of amides is 2. The van der Waals surface area contributed by atoms with E-state index in [-0.39, 0.29) is 5.69 Å². The Labute approximate surface area is 94.6 Å². The molecule has 7 heteroatoms. The number of carbonyl (C=O) groups excluding carboxylic acids is 1. The maximum atomic E-state index is 12.3. The molecule has 16 heavy (non-hydrogen) atoms. The zero-order valence-electron chi connectivity index (χ0n) is 8.15. The molecule has 2 N–H and O–H groups in total. The molecule has 0 aliphatic rings. The predicted molar refractivity (Wildman–Crippen MR) is 54.5 cm³/mol. The molecule has 3 nitrogen and oxygen atoms in total. The summed E-state index contributed by atoms with van der Waals surface area (Å²) in [6, 6.07) is 2.45. The second-order valence-corrected chi connectivity index (χ2v) is 3.30. The van der Waals surface area contributed by atoms with Gasteiger partial charge >= 0.3 is 12.2 Å². The zero-order chi connectivity index (χ0) is 12.3. The molecule has 0 atom stereocenters. The second-order valence-electron chi connectivity index (χ2n) is 2.90. The van der Waals surface area contributed by atoms with Crippen LogP contribution in [0.5, 0.6) is 0 Å². The number of benzene rings is 1. The molecule has 0 bridgehead atoms. The van der Waals surface area contributed by atoms with Crippen LogP contribution in [0.2, 0.25) is 5.02 Å². The summed E-state index contributed by atoms with van der Waals surface area (Å²) in [5.74, 6) is 0. The quantitative estimate of drug-likeness (QED) is 0.792. The lowest BCUT2D eigenvalue weighted by atomic mass is 10.2. The fourth-order valence-corrected chi connectivity index (χ4v) is 1.30. The van der Waals surface area contributed by atoms with E-state index in [1.54, 1.807) is 0 Å². The van der Waals surface area contributed by atoms with Gasteiger partial charge in [-0.1, -0.05) is 11.6 Å². The van der Waals surface area contributed by atoms with Gasteiger partial charge in [0, 0.05) is 12.7 Å². The van der Waals surface area contributed by atoms with Crippen molar-refractivity contribution in [1.29, 1.82) is 0 Å². The van der Waals surface area contributed by atoms with E-state index < -0.39 is 22.8 Å². The zero-order valence-corrected chi connectivity index (χ0v) is 8.91. The first-order valence-corrected chi connectivity index (χ1v) is 4.58. The van der Waals surface area contributed by atoms with Crippen molar-refractivity contribution < 1.29 is 18.0 Å². The second kappa shape index (κ2) is 4.61. The smallest absolute Gasteiger partial charge is 0.341 e. The van der Waals surface area contributed by atoms with Crippen LogP contribution in [-0.4, -0.2) is 13.1 Å². The molecule has 0 aromatic heterocycles. The van der Waals surface area contributed by atoms with Gasteiger partial charge in [0.15, 0.2) is 0 Å². The van der Waals surface area contributed by atoms with Crippen molar-refractivity contribution in [3.05, 3.63) is 28.8 Å². The van der Waals surface area contributed by atoms with E-state index in [4.69, 9.17) is 11.6 Å². The van der Waals surface area contributed by atoms with Gasteiger partial charge in [-0.3, -0.25) is 0 Å². The van der Waals surface area contributed by atoms with Gasteiger partial charge < -0.3 is 10.6 Å². The Balaban J connectivity index is 2.96. The average molecular weight is 253 g/mol. The summed E-state index contributed by atoms with van der Waals surface area (Å²) in [5.41, 5.74) is -0.742. The first-order valence-electron chi connectivity index (χ1n) is 4.20. The van der Waals surface area contributed by atoms with Gasteiger partial charge in [-0.2, -0.15) is 13.2 Å². The molecule has 88 valence electrons. The number of halogens is 4. The van der Waals surface area contributed by atoms with Crippen LogP contribution in [0.4, 0.5) is 23.7 Å². The minimum Gasteiger partial charge on any atom is -0.341 e. The summed E-state index contributed by atoms with van der Waals surface area (Å²) in [4.78, 5) is 10.9. The lowest BCUT2D eigenvalue weighted by molar-refractivity contribution is -0.137. The van der Waals surface area contributed by atoms with E-state index in [1.807, 2.05) is 0 Å². The van der Waals surface area contributed by atoms with Gasteiger partial charge in [0.05, 0.1) is 10.6 Å². The van der Waals surface area contributed by atoms with Gasteiger partial charge in [-0.05, 0) is 18.2 Å². The van der Waals surface area contributed by atoms with Crippen molar-refractivity contribution in [3.63, 3.8) is 0 Å². The van der Waals surface area contributed by atoms with Crippen LogP contribution < -0.4 is 10.6 Å². The van der Waals surface area contributed by atoms with Gasteiger partial charge in [0.1, 0.15) is 0 Å². The Hall–Kier alpha value is -1.43. The fourth-order valence-electron chi connectivity index (χ4n) is 1.02. The number of anilines is 1. The minimum atomic E-state index is -4.50. The van der Waals surface area contributed by atoms with Crippen LogP contribution in [0.3, 0.4) is 0 Å². The average Bonchev–Trinajstić information content (AvgIpc) is 2.15. The predicted octanol–water partition coefficient (Wildman–Crippen LogP) is 3.11. The van der Waals surface area contributed by atoms with Crippen molar-refractivity contribution in [2.24, 2.45) is 0 Å². The Morgan fingerprint density at radius 1 is 1.38 bits per heavy atom. The van der Waals surface area contributed by atoms with Crippen molar-refractivity contribution >= 4 is 23.3 Å². The number of hydrogen-bond donors (Lipinski definition) is 2. The number of hydrogen-bond acceptors (Lipinski definition) is 1. The van der Waals surface area contributed by atoms with Gasteiger partial charge in [-0.15, -0.1) is 0 Å². The Morgan fingerprint density at radius 3 is 2.44 bits per heavy atom. The van der Waals surface area contributed by atoms with Crippen molar-refractivity contribution in [3.8, 4) is 0 Å². The monoisotopic (exact) mass is 252 g/mol. The lowest BCUT2D eigenvalue weighted by Gasteiger charge is -2.10. The Bertz CT molecular complexity index is 406. The third-order valence-corrected chi connectivity index (χ3v) is 2.07. The molecular weight excluding hydrogens is 245 g/mol.